The molecule has 0 aromatic heterocycles. The van der Waals surface area contributed by atoms with E-state index < -0.39 is 15.6 Å². The Morgan fingerprint density at radius 2 is 1.58 bits per heavy atom. The van der Waals surface area contributed by atoms with Crippen LogP contribution in [0.5, 0.6) is 0 Å². The van der Waals surface area contributed by atoms with Crippen LogP contribution in [-0.2, 0) is 10.0 Å². The predicted octanol–water partition coefficient (Wildman–Crippen LogP) is 3.82. The Labute approximate surface area is 183 Å². The summed E-state index contributed by atoms with van der Waals surface area (Å²) in [5.41, 5.74) is 1.56. The summed E-state index contributed by atoms with van der Waals surface area (Å²) in [6.45, 7) is 5.40. The normalized spacial score (nSPS) is 16.2. The average molecular weight is 438 g/mol. The minimum Gasteiger partial charge on any atom is -0.321 e. The summed E-state index contributed by atoms with van der Waals surface area (Å²) in [6, 6.07) is 17.8. The third-order valence-corrected chi connectivity index (χ3v) is 7.60. The first kappa shape index (κ1) is 21.5. The zero-order chi connectivity index (χ0) is 22.1. The topological polar surface area (TPSA) is 87.3 Å². The molecule has 3 aromatic rings. The fourth-order valence-corrected chi connectivity index (χ4v) is 5.77. The zero-order valence-corrected chi connectivity index (χ0v) is 18.6. The number of carbonyl (C=O) groups excluding carboxylic acids is 1. The third-order valence-electron chi connectivity index (χ3n) is 5.90. The van der Waals surface area contributed by atoms with E-state index in [4.69, 9.17) is 0 Å². The summed E-state index contributed by atoms with van der Waals surface area (Å²) in [5.74, 6) is -0.223. The summed E-state index contributed by atoms with van der Waals surface area (Å²) in [5, 5.41) is 7.47. The molecule has 0 bridgehead atoms. The summed E-state index contributed by atoms with van der Waals surface area (Å²) in [4.78, 5) is 13.0. The lowest BCUT2D eigenvalue weighted by molar-refractivity contribution is 0.102. The van der Waals surface area contributed by atoms with Crippen molar-refractivity contribution in [3.8, 4) is 0 Å². The molecular formula is C24H27N3O3S. The van der Waals surface area contributed by atoms with Crippen LogP contribution in [0.4, 0.5) is 5.69 Å². The molecule has 3 N–H and O–H groups in total. The molecule has 0 radical (unpaired) electrons. The number of aryl methyl sites for hydroxylation is 1. The molecule has 0 unspecified atom stereocenters. The Bertz CT molecular complexity index is 1230. The quantitative estimate of drug-likeness (QED) is 0.566. The van der Waals surface area contributed by atoms with Crippen LogP contribution in [0.1, 0.15) is 35.7 Å². The van der Waals surface area contributed by atoms with Gasteiger partial charge in [-0.2, -0.15) is 0 Å². The maximum absolute atomic E-state index is 13.3. The lowest BCUT2D eigenvalue weighted by Gasteiger charge is -2.34. The molecule has 0 atom stereocenters. The van der Waals surface area contributed by atoms with Crippen LogP contribution >= 0.6 is 0 Å². The van der Waals surface area contributed by atoms with Crippen molar-refractivity contribution in [1.82, 2.24) is 10.0 Å². The number of sulfonamides is 1. The monoisotopic (exact) mass is 437 g/mol. The van der Waals surface area contributed by atoms with E-state index in [9.17, 15) is 13.2 Å². The van der Waals surface area contributed by atoms with Crippen LogP contribution in [0, 0.1) is 6.92 Å². The first-order chi connectivity index (χ1) is 14.8. The van der Waals surface area contributed by atoms with Gasteiger partial charge in [0, 0.05) is 27.6 Å². The van der Waals surface area contributed by atoms with E-state index in [0.717, 1.165) is 31.5 Å². The summed E-state index contributed by atoms with van der Waals surface area (Å²) < 4.78 is 29.5. The highest BCUT2D eigenvalue weighted by atomic mass is 32.2. The van der Waals surface area contributed by atoms with Crippen molar-refractivity contribution >= 4 is 32.4 Å². The van der Waals surface area contributed by atoms with Gasteiger partial charge in [0.05, 0.1) is 4.90 Å². The summed E-state index contributed by atoms with van der Waals surface area (Å²) in [7, 11) is -3.74. The average Bonchev–Trinajstić information content (AvgIpc) is 2.74. The summed E-state index contributed by atoms with van der Waals surface area (Å²) in [6.07, 6.45) is 1.46. The molecule has 1 fully saturated rings. The second kappa shape index (κ2) is 8.42. The molecule has 1 amide bonds. The van der Waals surface area contributed by atoms with Gasteiger partial charge in [-0.15, -0.1) is 0 Å². The van der Waals surface area contributed by atoms with Gasteiger partial charge in [0.1, 0.15) is 0 Å². The Morgan fingerprint density at radius 1 is 0.935 bits per heavy atom. The highest BCUT2D eigenvalue weighted by Crippen LogP contribution is 2.31. The van der Waals surface area contributed by atoms with E-state index in [0.29, 0.717) is 22.0 Å². The predicted molar refractivity (Wildman–Crippen MR) is 124 cm³/mol. The van der Waals surface area contributed by atoms with Crippen LogP contribution in [0.15, 0.2) is 65.6 Å². The molecule has 1 aliphatic rings. The number of rotatable bonds is 5. The number of amides is 1. The largest absolute Gasteiger partial charge is 0.321 e. The fraction of sp³-hybridized carbons (Fsp3) is 0.292. The Balaban J connectivity index is 1.70. The van der Waals surface area contributed by atoms with Gasteiger partial charge >= 0.3 is 0 Å². The molecular weight excluding hydrogens is 410 g/mol. The molecule has 6 nitrogen and oxygen atoms in total. The van der Waals surface area contributed by atoms with E-state index in [-0.39, 0.29) is 10.8 Å². The van der Waals surface area contributed by atoms with Crippen LogP contribution < -0.4 is 15.4 Å². The molecule has 0 saturated carbocycles. The van der Waals surface area contributed by atoms with Crippen LogP contribution in [0.2, 0.25) is 0 Å². The van der Waals surface area contributed by atoms with E-state index in [2.05, 4.69) is 15.4 Å². The van der Waals surface area contributed by atoms with Crippen molar-refractivity contribution in [3.05, 3.63) is 71.8 Å². The van der Waals surface area contributed by atoms with Gasteiger partial charge in [-0.1, -0.05) is 42.5 Å². The van der Waals surface area contributed by atoms with E-state index in [1.54, 1.807) is 30.3 Å². The van der Waals surface area contributed by atoms with Crippen molar-refractivity contribution in [3.63, 3.8) is 0 Å². The molecule has 1 saturated heterocycles. The van der Waals surface area contributed by atoms with E-state index >= 15 is 0 Å². The number of benzene rings is 3. The van der Waals surface area contributed by atoms with Gasteiger partial charge in [-0.3, -0.25) is 4.79 Å². The maximum Gasteiger partial charge on any atom is 0.255 e. The molecule has 31 heavy (non-hydrogen) atoms. The van der Waals surface area contributed by atoms with Crippen LogP contribution in [0.3, 0.4) is 0 Å². The number of nitrogens with one attached hydrogen (secondary N) is 3. The fourth-order valence-electron chi connectivity index (χ4n) is 4.09. The van der Waals surface area contributed by atoms with Crippen molar-refractivity contribution in [2.75, 3.05) is 18.4 Å². The van der Waals surface area contributed by atoms with Crippen molar-refractivity contribution in [2.24, 2.45) is 0 Å². The van der Waals surface area contributed by atoms with Gasteiger partial charge < -0.3 is 10.6 Å². The van der Waals surface area contributed by atoms with Gasteiger partial charge in [-0.25, -0.2) is 13.1 Å². The van der Waals surface area contributed by atoms with Gasteiger partial charge in [-0.05, 0) is 63.5 Å². The molecule has 162 valence electrons. The zero-order valence-electron chi connectivity index (χ0n) is 17.7. The van der Waals surface area contributed by atoms with Crippen molar-refractivity contribution in [2.45, 2.75) is 37.1 Å². The lowest BCUT2D eigenvalue weighted by atomic mass is 9.92. The molecule has 1 heterocycles. The van der Waals surface area contributed by atoms with Gasteiger partial charge in [0.25, 0.3) is 5.91 Å². The number of piperidine rings is 1. The second-order valence-electron chi connectivity index (χ2n) is 8.34. The first-order valence-corrected chi connectivity index (χ1v) is 11.9. The maximum atomic E-state index is 13.3. The van der Waals surface area contributed by atoms with Crippen molar-refractivity contribution < 1.29 is 13.2 Å². The van der Waals surface area contributed by atoms with E-state index in [1.165, 1.54) is 0 Å². The van der Waals surface area contributed by atoms with Crippen LogP contribution in [-0.4, -0.2) is 33.0 Å². The summed E-state index contributed by atoms with van der Waals surface area (Å²) >= 11 is 0. The van der Waals surface area contributed by atoms with Gasteiger partial charge in [0.15, 0.2) is 0 Å². The molecule has 1 aliphatic heterocycles. The highest BCUT2D eigenvalue weighted by molar-refractivity contribution is 7.89. The Morgan fingerprint density at radius 3 is 2.29 bits per heavy atom. The minimum atomic E-state index is -3.74. The highest BCUT2D eigenvalue weighted by Gasteiger charge is 2.33. The molecule has 3 aromatic carbocycles. The van der Waals surface area contributed by atoms with Crippen LogP contribution in [0.25, 0.3) is 10.8 Å². The van der Waals surface area contributed by atoms with Crippen molar-refractivity contribution in [1.29, 1.82) is 0 Å². The number of anilines is 1. The molecule has 7 heteroatoms. The Hall–Kier alpha value is -2.74. The number of fused-ring (bicyclic) bond motifs is 1. The Kier molecular flexibility index (Phi) is 5.83. The molecule has 4 rings (SSSR count). The minimum absolute atomic E-state index is 0.219. The first-order valence-electron chi connectivity index (χ1n) is 10.4. The number of carbonyl (C=O) groups is 1. The number of hydrogen-bond acceptors (Lipinski definition) is 4. The standard InChI is InChI=1S/C24H27N3O3S/c1-17-7-3-4-8-18(17)23(28)26-21-11-12-22(20-10-6-5-9-19(20)21)31(29,30)27-24(2)13-15-25-16-14-24/h3-12,25,27H,13-16H2,1-2H3,(H,26,28). The molecule has 0 spiro atoms. The van der Waals surface area contributed by atoms with Gasteiger partial charge in [0.2, 0.25) is 10.0 Å². The molecule has 0 aliphatic carbocycles. The lowest BCUT2D eigenvalue weighted by Crippen LogP contribution is -2.52. The smallest absolute Gasteiger partial charge is 0.255 e. The van der Waals surface area contributed by atoms with E-state index in [1.807, 2.05) is 44.2 Å². The SMILES string of the molecule is Cc1ccccc1C(=O)Nc1ccc(S(=O)(=O)NC2(C)CCNCC2)c2ccccc12. The third kappa shape index (κ3) is 4.49. The number of hydrogen-bond donors (Lipinski definition) is 3. The second-order valence-corrected chi connectivity index (χ2v) is 9.99.